The highest BCUT2D eigenvalue weighted by Crippen LogP contribution is 2.17. The summed E-state index contributed by atoms with van der Waals surface area (Å²) in [4.78, 5) is 0. The normalized spacial score (nSPS) is 15.2. The van der Waals surface area contributed by atoms with Crippen molar-refractivity contribution in [3.8, 4) is 0 Å². The summed E-state index contributed by atoms with van der Waals surface area (Å²) in [5.74, 6) is 0. The van der Waals surface area contributed by atoms with Gasteiger partial charge in [0, 0.05) is 0 Å². The van der Waals surface area contributed by atoms with Crippen LogP contribution in [0.2, 0.25) is 0 Å². The molecule has 0 spiro atoms. The maximum absolute atomic E-state index is 10.6. The molecule has 1 heteroatoms. The van der Waals surface area contributed by atoms with E-state index in [9.17, 15) is 5.11 Å². The van der Waals surface area contributed by atoms with Crippen LogP contribution in [0.25, 0.3) is 0 Å². The number of aliphatic hydroxyl groups is 1. The molecule has 0 heterocycles. The molecular weight excluding hydrogens is 376 g/mol. The van der Waals surface area contributed by atoms with Crippen LogP contribution in [0, 0.1) is 0 Å². The Hall–Kier alpha value is -1.60. The molecule has 0 saturated heterocycles. The lowest BCUT2D eigenvalue weighted by Gasteiger charge is -2.18. The van der Waals surface area contributed by atoms with Gasteiger partial charge in [-0.3, -0.25) is 0 Å². The molecule has 0 aromatic carbocycles. The summed E-state index contributed by atoms with van der Waals surface area (Å²) in [7, 11) is 0. The van der Waals surface area contributed by atoms with Gasteiger partial charge in [-0.15, -0.1) is 0 Å². The van der Waals surface area contributed by atoms with E-state index in [2.05, 4.69) is 84.9 Å². The van der Waals surface area contributed by atoms with E-state index in [0.717, 1.165) is 57.8 Å². The van der Waals surface area contributed by atoms with Crippen LogP contribution in [-0.4, -0.2) is 10.7 Å². The van der Waals surface area contributed by atoms with Crippen molar-refractivity contribution in [3.05, 3.63) is 70.4 Å². The van der Waals surface area contributed by atoms with E-state index in [4.69, 9.17) is 0 Å². The zero-order valence-electron chi connectivity index (χ0n) is 21.9. The molecule has 0 aliphatic carbocycles. The smallest absolute Gasteiger partial charge is 0.0802 e. The molecule has 0 aliphatic heterocycles. The molecule has 1 atom stereocenters. The van der Waals surface area contributed by atoms with Crippen LogP contribution >= 0.6 is 0 Å². The van der Waals surface area contributed by atoms with Crippen molar-refractivity contribution < 1.29 is 5.11 Å². The third kappa shape index (κ3) is 20.1. The minimum Gasteiger partial charge on any atom is -0.386 e. The van der Waals surface area contributed by atoms with Crippen molar-refractivity contribution in [2.75, 3.05) is 0 Å². The van der Waals surface area contributed by atoms with Crippen LogP contribution in [0.4, 0.5) is 0 Å². The summed E-state index contributed by atoms with van der Waals surface area (Å²) in [6.07, 6.45) is 25.0. The first-order valence-corrected chi connectivity index (χ1v) is 12.2. The molecule has 0 rings (SSSR count). The fourth-order valence-electron chi connectivity index (χ4n) is 3.31. The van der Waals surface area contributed by atoms with E-state index in [1.807, 2.05) is 13.0 Å². The molecule has 0 saturated carbocycles. The third-order valence-electron chi connectivity index (χ3n) is 5.44. The van der Waals surface area contributed by atoms with Gasteiger partial charge in [-0.25, -0.2) is 0 Å². The van der Waals surface area contributed by atoms with Gasteiger partial charge in [0.2, 0.25) is 0 Å². The molecule has 1 N–H and O–H groups in total. The van der Waals surface area contributed by atoms with Crippen molar-refractivity contribution in [2.24, 2.45) is 0 Å². The molecule has 0 fully saturated rings. The second-order valence-corrected chi connectivity index (χ2v) is 9.86. The fraction of sp³-hybridized carbons (Fsp3) is 0.600. The van der Waals surface area contributed by atoms with Crippen LogP contribution in [0.5, 0.6) is 0 Å². The van der Waals surface area contributed by atoms with Crippen molar-refractivity contribution in [2.45, 2.75) is 119 Å². The van der Waals surface area contributed by atoms with Gasteiger partial charge in [-0.05, 0) is 113 Å². The summed E-state index contributed by atoms with van der Waals surface area (Å²) >= 11 is 0. The Labute approximate surface area is 194 Å². The molecule has 31 heavy (non-hydrogen) atoms. The molecule has 0 aromatic rings. The molecule has 0 aromatic heterocycles. The predicted molar refractivity (Wildman–Crippen MR) is 141 cm³/mol. The Bertz CT molecular complexity index is 669. The molecule has 1 unspecified atom stereocenters. The highest BCUT2D eigenvalue weighted by atomic mass is 16.3. The molecule has 0 amide bonds. The second kappa shape index (κ2) is 17.0. The number of rotatable bonds is 15. The van der Waals surface area contributed by atoms with E-state index >= 15 is 0 Å². The van der Waals surface area contributed by atoms with Gasteiger partial charge in [0.15, 0.2) is 0 Å². The topological polar surface area (TPSA) is 20.2 Å². The van der Waals surface area contributed by atoms with Crippen LogP contribution in [0.3, 0.4) is 0 Å². The zero-order chi connectivity index (χ0) is 23.7. The lowest BCUT2D eigenvalue weighted by molar-refractivity contribution is 0.103. The molecule has 0 radical (unpaired) electrons. The van der Waals surface area contributed by atoms with Crippen LogP contribution in [-0.2, 0) is 0 Å². The van der Waals surface area contributed by atoms with Gasteiger partial charge in [0.05, 0.1) is 5.60 Å². The number of hydrogen-bond donors (Lipinski definition) is 1. The standard InChI is InChI=1S/C30H50O/c1-25(2)15-11-18-28(6)21-13-20-27(5)17-9-10-23-30(8,31)24-14-22-29(7)19-12-16-26(3)4/h10,15-17,21-23,31H,9,11-14,18-20,24H2,1-8H3/b23-10+,27-17+,28-21+,29-22+. The van der Waals surface area contributed by atoms with Gasteiger partial charge in [-0.1, -0.05) is 70.4 Å². The molecular formula is C30H50O. The monoisotopic (exact) mass is 426 g/mol. The summed E-state index contributed by atoms with van der Waals surface area (Å²) < 4.78 is 0. The summed E-state index contributed by atoms with van der Waals surface area (Å²) in [5.41, 5.74) is 6.38. The third-order valence-corrected chi connectivity index (χ3v) is 5.44. The molecule has 176 valence electrons. The van der Waals surface area contributed by atoms with Crippen molar-refractivity contribution in [1.29, 1.82) is 0 Å². The van der Waals surface area contributed by atoms with E-state index in [1.165, 1.54) is 27.9 Å². The maximum atomic E-state index is 10.6. The minimum absolute atomic E-state index is 0.733. The minimum atomic E-state index is -0.733. The quantitative estimate of drug-likeness (QED) is 0.258. The lowest BCUT2D eigenvalue weighted by Crippen LogP contribution is -2.19. The highest BCUT2D eigenvalue weighted by Gasteiger charge is 2.14. The molecule has 1 nitrogen and oxygen atoms in total. The van der Waals surface area contributed by atoms with Gasteiger partial charge in [0.25, 0.3) is 0 Å². The van der Waals surface area contributed by atoms with Gasteiger partial charge < -0.3 is 5.11 Å². The zero-order valence-corrected chi connectivity index (χ0v) is 21.9. The number of hydrogen-bond acceptors (Lipinski definition) is 1. The van der Waals surface area contributed by atoms with Crippen molar-refractivity contribution in [1.82, 2.24) is 0 Å². The average Bonchev–Trinajstić information content (AvgIpc) is 2.64. The van der Waals surface area contributed by atoms with Crippen LogP contribution in [0.15, 0.2) is 70.4 Å². The first kappa shape index (κ1) is 29.4. The van der Waals surface area contributed by atoms with Crippen molar-refractivity contribution in [3.63, 3.8) is 0 Å². The number of allylic oxidation sites excluding steroid dienone is 11. The Balaban J connectivity index is 4.25. The Kier molecular flexibility index (Phi) is 16.1. The summed E-state index contributed by atoms with van der Waals surface area (Å²) in [6.45, 7) is 17.2. The van der Waals surface area contributed by atoms with Gasteiger partial charge in [-0.2, -0.15) is 0 Å². The Morgan fingerprint density at radius 2 is 1.03 bits per heavy atom. The first-order valence-electron chi connectivity index (χ1n) is 12.2. The van der Waals surface area contributed by atoms with E-state index in [1.54, 1.807) is 0 Å². The first-order chi connectivity index (χ1) is 14.5. The maximum Gasteiger partial charge on any atom is 0.0802 e. The van der Waals surface area contributed by atoms with E-state index in [-0.39, 0.29) is 0 Å². The summed E-state index contributed by atoms with van der Waals surface area (Å²) in [5, 5.41) is 10.6. The molecule has 0 bridgehead atoms. The highest BCUT2D eigenvalue weighted by molar-refractivity contribution is 5.09. The van der Waals surface area contributed by atoms with Gasteiger partial charge >= 0.3 is 0 Å². The largest absolute Gasteiger partial charge is 0.386 e. The SMILES string of the molecule is CC(C)=CCC/C(C)=C/CC/C(C)=C/C/C=C/C(C)(O)CC/C=C(\C)CCC=C(C)C. The van der Waals surface area contributed by atoms with Crippen LogP contribution < -0.4 is 0 Å². The van der Waals surface area contributed by atoms with E-state index < -0.39 is 5.60 Å². The Morgan fingerprint density at radius 3 is 1.52 bits per heavy atom. The summed E-state index contributed by atoms with van der Waals surface area (Å²) in [6, 6.07) is 0. The van der Waals surface area contributed by atoms with Crippen molar-refractivity contribution >= 4 is 0 Å². The molecule has 0 aliphatic rings. The van der Waals surface area contributed by atoms with E-state index in [0.29, 0.717) is 0 Å². The fourth-order valence-corrected chi connectivity index (χ4v) is 3.31. The average molecular weight is 427 g/mol. The van der Waals surface area contributed by atoms with Crippen LogP contribution in [0.1, 0.15) is 113 Å². The lowest BCUT2D eigenvalue weighted by atomic mass is 9.97. The Morgan fingerprint density at radius 1 is 0.613 bits per heavy atom. The van der Waals surface area contributed by atoms with Gasteiger partial charge in [0.1, 0.15) is 0 Å². The second-order valence-electron chi connectivity index (χ2n) is 9.86. The predicted octanol–water partition coefficient (Wildman–Crippen LogP) is 9.58.